The van der Waals surface area contributed by atoms with E-state index in [9.17, 15) is 32.9 Å². The molecule has 0 amide bonds. The predicted molar refractivity (Wildman–Crippen MR) is 159 cm³/mol. The Labute approximate surface area is 270 Å². The summed E-state index contributed by atoms with van der Waals surface area (Å²) in [6.45, 7) is 6.87. The molecule has 19 heteroatoms. The Morgan fingerprint density at radius 2 is 1.72 bits per heavy atom. The molecule has 0 aliphatic rings. The molecule has 0 saturated carbocycles. The lowest BCUT2D eigenvalue weighted by Crippen LogP contribution is -2.29. The molecule has 3 aromatic rings. The summed E-state index contributed by atoms with van der Waals surface area (Å²) in [6.07, 6.45) is -4.61. The van der Waals surface area contributed by atoms with Gasteiger partial charge in [-0.05, 0) is 63.6 Å². The van der Waals surface area contributed by atoms with E-state index in [2.05, 4.69) is 36.4 Å². The van der Waals surface area contributed by atoms with Crippen LogP contribution in [-0.4, -0.2) is 57.1 Å². The van der Waals surface area contributed by atoms with Crippen molar-refractivity contribution in [2.24, 2.45) is 0 Å². The number of esters is 2. The first-order valence-electron chi connectivity index (χ1n) is 13.0. The molecular weight excluding hydrogens is 662 g/mol. The molecule has 246 valence electrons. The number of hydrogen-bond acceptors (Lipinski definition) is 13. The normalized spacial score (nSPS) is 10.9. The molecule has 46 heavy (non-hydrogen) atoms. The molecule has 0 fully saturated rings. The third kappa shape index (κ3) is 11.5. The van der Waals surface area contributed by atoms with Crippen LogP contribution in [0.15, 0.2) is 36.4 Å². The van der Waals surface area contributed by atoms with E-state index < -0.39 is 52.0 Å². The molecule has 0 atom stereocenters. The zero-order valence-electron chi connectivity index (χ0n) is 24.6. The Hall–Kier alpha value is -4.95. The molecule has 0 bridgehead atoms. The van der Waals surface area contributed by atoms with Crippen molar-refractivity contribution in [1.29, 1.82) is 5.26 Å². The van der Waals surface area contributed by atoms with Gasteiger partial charge in [-0.25, -0.2) is 9.59 Å². The van der Waals surface area contributed by atoms with Crippen molar-refractivity contribution < 1.29 is 41.9 Å². The van der Waals surface area contributed by atoms with Crippen LogP contribution in [0.4, 0.5) is 30.8 Å². The van der Waals surface area contributed by atoms with Crippen LogP contribution in [0.3, 0.4) is 0 Å². The molecule has 0 radical (unpaired) electrons. The number of anilines is 2. The summed E-state index contributed by atoms with van der Waals surface area (Å²) in [5, 5.41) is 25.5. The van der Waals surface area contributed by atoms with Gasteiger partial charge in [0.1, 0.15) is 22.6 Å². The average Bonchev–Trinajstić information content (AvgIpc) is 2.96. The van der Waals surface area contributed by atoms with Crippen molar-refractivity contribution in [3.05, 3.63) is 67.9 Å². The second-order valence-corrected chi connectivity index (χ2v) is 9.95. The van der Waals surface area contributed by atoms with Crippen LogP contribution >= 0.6 is 23.2 Å². The minimum Gasteiger partial charge on any atom is -0.463 e. The third-order valence-corrected chi connectivity index (χ3v) is 5.61. The summed E-state index contributed by atoms with van der Waals surface area (Å²) >= 11 is 11.5. The average molecular weight is 688 g/mol. The Kier molecular flexibility index (Phi) is 13.3. The lowest BCUT2D eigenvalue weighted by atomic mass is 10.1. The van der Waals surface area contributed by atoms with Crippen LogP contribution in [0.25, 0.3) is 0 Å². The number of carbonyl (C=O) groups is 2. The van der Waals surface area contributed by atoms with Crippen LogP contribution in [0, 0.1) is 21.4 Å². The molecule has 3 rings (SSSR count). The van der Waals surface area contributed by atoms with Gasteiger partial charge in [0.15, 0.2) is 6.61 Å². The fraction of sp³-hybridized carbons (Fsp3) is 0.333. The number of alkyl halides is 3. The van der Waals surface area contributed by atoms with E-state index in [4.69, 9.17) is 37.9 Å². The second-order valence-electron chi connectivity index (χ2n) is 9.21. The number of rotatable bonds is 11. The van der Waals surface area contributed by atoms with E-state index in [-0.39, 0.29) is 34.4 Å². The van der Waals surface area contributed by atoms with Gasteiger partial charge < -0.3 is 24.8 Å². The van der Waals surface area contributed by atoms with Crippen LogP contribution in [-0.2, 0) is 20.4 Å². The first-order chi connectivity index (χ1) is 21.5. The van der Waals surface area contributed by atoms with Crippen molar-refractivity contribution in [3.63, 3.8) is 0 Å². The molecule has 0 unspecified atom stereocenters. The second kappa shape index (κ2) is 16.4. The Bertz CT molecular complexity index is 1620. The van der Waals surface area contributed by atoms with E-state index in [1.165, 1.54) is 6.92 Å². The maximum Gasteiger partial charge on any atom is 0.416 e. The number of ether oxygens (including phenoxy) is 3. The van der Waals surface area contributed by atoms with E-state index in [1.807, 2.05) is 6.92 Å². The molecule has 0 aliphatic carbocycles. The number of nitro benzene ring substituents is 1. The first-order valence-corrected chi connectivity index (χ1v) is 13.8. The number of aromatic nitrogens is 3. The van der Waals surface area contributed by atoms with Crippen molar-refractivity contribution in [1.82, 2.24) is 15.0 Å². The van der Waals surface area contributed by atoms with E-state index >= 15 is 0 Å². The minimum absolute atomic E-state index is 0.0493. The maximum atomic E-state index is 12.7. The first kappa shape index (κ1) is 37.2. The highest BCUT2D eigenvalue weighted by molar-refractivity contribution is 6.32. The summed E-state index contributed by atoms with van der Waals surface area (Å²) in [4.78, 5) is 45.6. The van der Waals surface area contributed by atoms with Gasteiger partial charge in [-0.2, -0.15) is 33.4 Å². The molecule has 2 aromatic carbocycles. The maximum absolute atomic E-state index is 12.7. The van der Waals surface area contributed by atoms with Gasteiger partial charge in [0, 0.05) is 18.7 Å². The zero-order chi connectivity index (χ0) is 34.7. The topological polar surface area (TPSA) is 191 Å². The number of halogens is 5. The fourth-order valence-corrected chi connectivity index (χ4v) is 3.52. The number of nitrogens with zero attached hydrogens (tertiary/aromatic N) is 5. The Morgan fingerprint density at radius 1 is 1.04 bits per heavy atom. The monoisotopic (exact) mass is 687 g/mol. The third-order valence-electron chi connectivity index (χ3n) is 5.14. The molecule has 0 aliphatic heterocycles. The molecule has 1 aromatic heterocycles. The standard InChI is InChI=1S/C18H13ClF3NO7.C9H13ClN6/c1-2-28-16(24)9-29-17(25)12-8-11(4-5-14(12)23(26)27)30-15-6-3-10(7-13(15)19)18(20,21)22;1-4-12-7-13-6(10)14-8(15-7)16-9(2,3)5-11/h3-8H,2,9H2,1H3;4H2,1-3H3,(H2,12,13,14,15,16). The van der Waals surface area contributed by atoms with Crippen LogP contribution in [0.2, 0.25) is 10.3 Å². The fourth-order valence-electron chi connectivity index (χ4n) is 3.14. The van der Waals surface area contributed by atoms with Crippen LogP contribution < -0.4 is 15.4 Å². The van der Waals surface area contributed by atoms with Gasteiger partial charge in [-0.1, -0.05) is 11.6 Å². The summed E-state index contributed by atoms with van der Waals surface area (Å²) in [5.74, 6) is -1.69. The molecule has 2 N–H and O–H groups in total. The van der Waals surface area contributed by atoms with Crippen molar-refractivity contribution >= 4 is 52.7 Å². The highest BCUT2D eigenvalue weighted by Gasteiger charge is 2.31. The largest absolute Gasteiger partial charge is 0.463 e. The number of nitriles is 1. The lowest BCUT2D eigenvalue weighted by molar-refractivity contribution is -0.385. The van der Waals surface area contributed by atoms with E-state index in [1.54, 1.807) is 13.8 Å². The highest BCUT2D eigenvalue weighted by Crippen LogP contribution is 2.37. The van der Waals surface area contributed by atoms with Gasteiger partial charge in [0.05, 0.1) is 28.2 Å². The number of carbonyl (C=O) groups excluding carboxylic acids is 2. The van der Waals surface area contributed by atoms with Crippen LogP contribution in [0.5, 0.6) is 11.5 Å². The predicted octanol–water partition coefficient (Wildman–Crippen LogP) is 6.45. The van der Waals surface area contributed by atoms with Crippen molar-refractivity contribution in [3.8, 4) is 17.6 Å². The summed E-state index contributed by atoms with van der Waals surface area (Å²) in [6, 6.07) is 7.44. The summed E-state index contributed by atoms with van der Waals surface area (Å²) in [7, 11) is 0. The molecule has 1 heterocycles. The lowest BCUT2D eigenvalue weighted by Gasteiger charge is -2.17. The smallest absolute Gasteiger partial charge is 0.416 e. The highest BCUT2D eigenvalue weighted by atomic mass is 35.5. The Balaban J connectivity index is 0.000000387. The van der Waals surface area contributed by atoms with Gasteiger partial charge in [0.2, 0.25) is 17.2 Å². The quantitative estimate of drug-likeness (QED) is 0.127. The number of hydrogen-bond donors (Lipinski definition) is 2. The Morgan fingerprint density at radius 3 is 2.28 bits per heavy atom. The van der Waals surface area contributed by atoms with Gasteiger partial charge in [-0.3, -0.25) is 10.1 Å². The number of benzene rings is 2. The number of nitrogens with one attached hydrogen (secondary N) is 2. The summed E-state index contributed by atoms with van der Waals surface area (Å²) < 4.78 is 52.8. The van der Waals surface area contributed by atoms with E-state index in [0.717, 1.165) is 30.3 Å². The van der Waals surface area contributed by atoms with Gasteiger partial charge in [0.25, 0.3) is 5.69 Å². The van der Waals surface area contributed by atoms with Crippen molar-refractivity contribution in [2.75, 3.05) is 30.4 Å². The minimum atomic E-state index is -4.61. The van der Waals surface area contributed by atoms with Crippen molar-refractivity contribution in [2.45, 2.75) is 39.4 Å². The zero-order valence-corrected chi connectivity index (χ0v) is 26.1. The van der Waals surface area contributed by atoms with E-state index in [0.29, 0.717) is 18.6 Å². The molecule has 0 saturated heterocycles. The summed E-state index contributed by atoms with van der Waals surface area (Å²) in [5.41, 5.74) is -2.92. The SMILES string of the molecule is CCNc1nc(Cl)nc(NC(C)(C)C#N)n1.CCOC(=O)COC(=O)c1cc(Oc2ccc(C(F)(F)F)cc2Cl)ccc1[N+](=O)[O-]. The molecule has 0 spiro atoms. The van der Waals surface area contributed by atoms with Gasteiger partial charge >= 0.3 is 18.1 Å². The molecule has 14 nitrogen and oxygen atoms in total. The van der Waals surface area contributed by atoms with Gasteiger partial charge in [-0.15, -0.1) is 0 Å². The number of nitro groups is 1. The van der Waals surface area contributed by atoms with Crippen LogP contribution in [0.1, 0.15) is 43.6 Å². The molecular formula is C27H26Cl2F3N7O7.